The molecule has 2 aromatic rings. The fraction of sp³-hybridized carbons (Fsp3) is 0.100. The highest BCUT2D eigenvalue weighted by Crippen LogP contribution is 2.38. The third-order valence-electron chi connectivity index (χ3n) is 3.83. The number of hydrogen-bond donors (Lipinski definition) is 0. The maximum Gasteiger partial charge on any atom is 0.266 e. The van der Waals surface area contributed by atoms with Gasteiger partial charge in [-0.3, -0.25) is 9.69 Å². The fourth-order valence-corrected chi connectivity index (χ4v) is 5.42. The zero-order chi connectivity index (χ0) is 20.3. The SMILES string of the molecule is C=CCN1C(=O)/C(=C/c2cc(Br)c(OCc3ccccc3Cl)c(Br)c2)SC1=S. The molecule has 0 radical (unpaired) electrons. The van der Waals surface area contributed by atoms with Crippen LogP contribution in [0.1, 0.15) is 11.1 Å². The van der Waals surface area contributed by atoms with E-state index >= 15 is 0 Å². The van der Waals surface area contributed by atoms with Gasteiger partial charge in [0.25, 0.3) is 5.91 Å². The molecule has 3 rings (SSSR count). The number of amides is 1. The maximum atomic E-state index is 12.5. The van der Waals surface area contributed by atoms with Crippen molar-refractivity contribution in [3.05, 3.63) is 79.1 Å². The molecule has 0 unspecified atom stereocenters. The number of benzene rings is 2. The second-order valence-electron chi connectivity index (χ2n) is 5.77. The third-order valence-corrected chi connectivity index (χ3v) is 6.76. The van der Waals surface area contributed by atoms with Crippen LogP contribution in [-0.4, -0.2) is 21.7 Å². The molecule has 0 N–H and O–H groups in total. The normalized spacial score (nSPS) is 15.4. The van der Waals surface area contributed by atoms with Crippen LogP contribution in [-0.2, 0) is 11.4 Å². The Labute approximate surface area is 195 Å². The summed E-state index contributed by atoms with van der Waals surface area (Å²) in [5.41, 5.74) is 1.75. The Kier molecular flexibility index (Phi) is 7.39. The van der Waals surface area contributed by atoms with Gasteiger partial charge in [-0.25, -0.2) is 0 Å². The Balaban J connectivity index is 1.80. The molecule has 1 heterocycles. The lowest BCUT2D eigenvalue weighted by Gasteiger charge is -2.12. The van der Waals surface area contributed by atoms with Crippen LogP contribution in [0.5, 0.6) is 5.75 Å². The van der Waals surface area contributed by atoms with Gasteiger partial charge in [0.15, 0.2) is 0 Å². The van der Waals surface area contributed by atoms with Crippen molar-refractivity contribution in [2.45, 2.75) is 6.61 Å². The second kappa shape index (κ2) is 9.59. The zero-order valence-corrected chi connectivity index (χ0v) is 20.0. The van der Waals surface area contributed by atoms with Gasteiger partial charge in [-0.05, 0) is 61.7 Å². The summed E-state index contributed by atoms with van der Waals surface area (Å²) in [5, 5.41) is 0.660. The molecule has 8 heteroatoms. The number of hydrogen-bond acceptors (Lipinski definition) is 4. The molecule has 28 heavy (non-hydrogen) atoms. The molecule has 3 nitrogen and oxygen atoms in total. The smallest absolute Gasteiger partial charge is 0.266 e. The lowest BCUT2D eigenvalue weighted by Crippen LogP contribution is -2.27. The van der Waals surface area contributed by atoms with E-state index in [0.717, 1.165) is 20.1 Å². The van der Waals surface area contributed by atoms with Gasteiger partial charge in [-0.1, -0.05) is 59.9 Å². The van der Waals surface area contributed by atoms with Crippen LogP contribution in [0.25, 0.3) is 6.08 Å². The van der Waals surface area contributed by atoms with Crippen molar-refractivity contribution < 1.29 is 9.53 Å². The van der Waals surface area contributed by atoms with Gasteiger partial charge in [0.05, 0.1) is 13.9 Å². The predicted molar refractivity (Wildman–Crippen MR) is 128 cm³/mol. The Hall–Kier alpha value is -1.12. The maximum absolute atomic E-state index is 12.5. The minimum atomic E-state index is -0.110. The molecule has 0 bridgehead atoms. The monoisotopic (exact) mass is 557 g/mol. The molecular weight excluding hydrogens is 546 g/mol. The van der Waals surface area contributed by atoms with Gasteiger partial charge in [0.2, 0.25) is 0 Å². The van der Waals surface area contributed by atoms with E-state index in [2.05, 4.69) is 38.4 Å². The molecule has 2 aromatic carbocycles. The summed E-state index contributed by atoms with van der Waals surface area (Å²) in [4.78, 5) is 14.6. The summed E-state index contributed by atoms with van der Waals surface area (Å²) in [5.74, 6) is 0.553. The summed E-state index contributed by atoms with van der Waals surface area (Å²) in [6.45, 7) is 4.41. The number of rotatable bonds is 6. The summed E-state index contributed by atoms with van der Waals surface area (Å²) in [7, 11) is 0. The number of nitrogens with zero attached hydrogens (tertiary/aromatic N) is 1. The van der Waals surface area contributed by atoms with Gasteiger partial charge >= 0.3 is 0 Å². The molecule has 1 fully saturated rings. The molecule has 1 aliphatic rings. The number of carbonyl (C=O) groups excluding carboxylic acids is 1. The summed E-state index contributed by atoms with van der Waals surface area (Å²) >= 11 is 19.8. The van der Waals surface area contributed by atoms with Gasteiger partial charge < -0.3 is 4.74 Å². The van der Waals surface area contributed by atoms with Gasteiger partial charge in [-0.15, -0.1) is 6.58 Å². The average Bonchev–Trinajstić information content (AvgIpc) is 2.90. The first-order chi connectivity index (χ1) is 13.4. The highest BCUT2D eigenvalue weighted by Gasteiger charge is 2.31. The van der Waals surface area contributed by atoms with Crippen molar-refractivity contribution in [2.24, 2.45) is 0 Å². The van der Waals surface area contributed by atoms with Crippen LogP contribution >= 0.6 is 67.4 Å². The molecule has 0 aliphatic carbocycles. The van der Waals surface area contributed by atoms with E-state index in [0.29, 0.717) is 33.1 Å². The van der Waals surface area contributed by atoms with Gasteiger partial charge in [-0.2, -0.15) is 0 Å². The van der Waals surface area contributed by atoms with Crippen LogP contribution in [0.3, 0.4) is 0 Å². The van der Waals surface area contributed by atoms with Crippen LogP contribution in [0.15, 0.2) is 62.9 Å². The van der Waals surface area contributed by atoms with Crippen molar-refractivity contribution >= 4 is 83.7 Å². The van der Waals surface area contributed by atoms with Crippen LogP contribution < -0.4 is 4.74 Å². The number of ether oxygens (including phenoxy) is 1. The van der Waals surface area contributed by atoms with E-state index < -0.39 is 0 Å². The lowest BCUT2D eigenvalue weighted by atomic mass is 10.2. The van der Waals surface area contributed by atoms with E-state index in [4.69, 9.17) is 28.6 Å². The van der Waals surface area contributed by atoms with E-state index in [9.17, 15) is 4.79 Å². The molecular formula is C20H14Br2ClNO2S2. The van der Waals surface area contributed by atoms with Gasteiger partial charge in [0, 0.05) is 17.1 Å². The summed E-state index contributed by atoms with van der Waals surface area (Å²) in [6, 6.07) is 11.3. The quantitative estimate of drug-likeness (QED) is 0.220. The van der Waals surface area contributed by atoms with E-state index in [1.54, 1.807) is 6.08 Å². The highest BCUT2D eigenvalue weighted by molar-refractivity contribution is 9.11. The lowest BCUT2D eigenvalue weighted by molar-refractivity contribution is -0.121. The van der Waals surface area contributed by atoms with E-state index in [1.165, 1.54) is 16.7 Å². The first kappa shape index (κ1) is 21.6. The molecule has 1 amide bonds. The van der Waals surface area contributed by atoms with Crippen LogP contribution in [0.4, 0.5) is 0 Å². The Bertz CT molecular complexity index is 971. The number of halogens is 3. The number of thiocarbonyl (C=S) groups is 1. The number of thioether (sulfide) groups is 1. The average molecular weight is 560 g/mol. The molecule has 144 valence electrons. The highest BCUT2D eigenvalue weighted by atomic mass is 79.9. The number of carbonyl (C=O) groups is 1. The van der Waals surface area contributed by atoms with E-state index in [-0.39, 0.29) is 5.91 Å². The van der Waals surface area contributed by atoms with Crippen molar-refractivity contribution in [2.75, 3.05) is 6.54 Å². The topological polar surface area (TPSA) is 29.5 Å². The van der Waals surface area contributed by atoms with Crippen molar-refractivity contribution in [3.63, 3.8) is 0 Å². The first-order valence-electron chi connectivity index (χ1n) is 8.12. The predicted octanol–water partition coefficient (Wildman–Crippen LogP) is 6.83. The molecule has 1 saturated heterocycles. The molecule has 0 spiro atoms. The van der Waals surface area contributed by atoms with Crippen LogP contribution in [0.2, 0.25) is 5.02 Å². The minimum absolute atomic E-state index is 0.110. The largest absolute Gasteiger partial charge is 0.486 e. The first-order valence-corrected chi connectivity index (χ1v) is 11.3. The summed E-state index contributed by atoms with van der Waals surface area (Å²) in [6.07, 6.45) is 3.47. The molecule has 0 atom stereocenters. The molecule has 1 aliphatic heterocycles. The van der Waals surface area contributed by atoms with Crippen molar-refractivity contribution in [1.29, 1.82) is 0 Å². The standard InChI is InChI=1S/C20H14Br2ClNO2S2/c1-2-7-24-19(25)17(28-20(24)27)10-12-8-14(21)18(15(22)9-12)26-11-13-5-3-4-6-16(13)23/h2-6,8-10H,1,7,11H2/b17-10-. The van der Waals surface area contributed by atoms with Gasteiger partial charge in [0.1, 0.15) is 16.7 Å². The van der Waals surface area contributed by atoms with Crippen molar-refractivity contribution in [3.8, 4) is 5.75 Å². The third kappa shape index (κ3) is 4.89. The zero-order valence-electron chi connectivity index (χ0n) is 14.5. The van der Waals surface area contributed by atoms with E-state index in [1.807, 2.05) is 42.5 Å². The fourth-order valence-electron chi connectivity index (χ4n) is 2.50. The Morgan fingerprint density at radius 2 is 1.93 bits per heavy atom. The molecule has 0 aromatic heterocycles. The van der Waals surface area contributed by atoms with Crippen LogP contribution in [0, 0.1) is 0 Å². The Morgan fingerprint density at radius 3 is 2.57 bits per heavy atom. The summed E-state index contributed by atoms with van der Waals surface area (Å²) < 4.78 is 8.00. The minimum Gasteiger partial charge on any atom is -0.486 e. The molecule has 0 saturated carbocycles. The van der Waals surface area contributed by atoms with Crippen molar-refractivity contribution in [1.82, 2.24) is 4.90 Å². The Morgan fingerprint density at radius 1 is 1.25 bits per heavy atom. The second-order valence-corrected chi connectivity index (χ2v) is 9.57.